The van der Waals surface area contributed by atoms with E-state index in [0.29, 0.717) is 12.5 Å². The zero-order chi connectivity index (χ0) is 13.1. The van der Waals surface area contributed by atoms with E-state index in [-0.39, 0.29) is 0 Å². The van der Waals surface area contributed by atoms with Crippen LogP contribution in [-0.4, -0.2) is 19.5 Å². The van der Waals surface area contributed by atoms with Crippen LogP contribution < -0.4 is 11.1 Å². The Bertz CT molecular complexity index is 545. The van der Waals surface area contributed by atoms with Crippen LogP contribution in [0.2, 0.25) is 0 Å². The number of aryl methyl sites for hydroxylation is 2. The summed E-state index contributed by atoms with van der Waals surface area (Å²) in [5.74, 6) is 2.03. The Hall–Kier alpha value is -2.11. The van der Waals surface area contributed by atoms with Crippen LogP contribution in [0.1, 0.15) is 24.0 Å². The van der Waals surface area contributed by atoms with Gasteiger partial charge in [-0.15, -0.1) is 0 Å². The van der Waals surface area contributed by atoms with Crippen LogP contribution in [-0.2, 0) is 20.0 Å². The number of nitrogens with two attached hydrogens (primary N) is 1. The third-order valence-corrected chi connectivity index (χ3v) is 2.93. The van der Waals surface area contributed by atoms with E-state index in [2.05, 4.69) is 27.2 Å². The maximum atomic E-state index is 5.70. The van der Waals surface area contributed by atoms with Crippen LogP contribution in [0.5, 0.6) is 0 Å². The van der Waals surface area contributed by atoms with Gasteiger partial charge in [0.25, 0.3) is 0 Å². The Morgan fingerprint density at radius 3 is 2.78 bits per heavy atom. The molecule has 0 aromatic carbocycles. The molecule has 18 heavy (non-hydrogen) atoms. The normalized spacial score (nSPS) is 10.6. The van der Waals surface area contributed by atoms with Crippen molar-refractivity contribution < 1.29 is 0 Å². The number of imidazole rings is 1. The van der Waals surface area contributed by atoms with E-state index in [9.17, 15) is 0 Å². The molecule has 2 heterocycles. The van der Waals surface area contributed by atoms with Crippen molar-refractivity contribution in [2.45, 2.75) is 26.8 Å². The number of hydrogen-bond acceptors (Lipinski definition) is 5. The Morgan fingerprint density at radius 2 is 2.17 bits per heavy atom. The summed E-state index contributed by atoms with van der Waals surface area (Å²) in [6.07, 6.45) is 4.53. The van der Waals surface area contributed by atoms with Crippen molar-refractivity contribution in [3.63, 3.8) is 0 Å². The lowest BCUT2D eigenvalue weighted by Crippen LogP contribution is -2.11. The number of hydrogen-bond donors (Lipinski definition) is 2. The van der Waals surface area contributed by atoms with Gasteiger partial charge in [-0.3, -0.25) is 0 Å². The molecule has 0 fully saturated rings. The number of anilines is 2. The van der Waals surface area contributed by atoms with Crippen molar-refractivity contribution >= 4 is 11.8 Å². The first-order valence-electron chi connectivity index (χ1n) is 5.95. The SMILES string of the molecule is CCc1nc(N)nc(NCc2nccn2C)c1C. The summed E-state index contributed by atoms with van der Waals surface area (Å²) in [6.45, 7) is 4.67. The standard InChI is InChI=1S/C12H18N6/c1-4-9-8(2)11(17-12(13)16-9)15-7-10-14-5-6-18(10)3/h5-6H,4,7H2,1-3H3,(H3,13,15,16,17). The highest BCUT2D eigenvalue weighted by Crippen LogP contribution is 2.17. The molecule has 2 aromatic rings. The van der Waals surface area contributed by atoms with Gasteiger partial charge in [-0.1, -0.05) is 6.92 Å². The van der Waals surface area contributed by atoms with E-state index in [1.807, 2.05) is 24.7 Å². The number of aromatic nitrogens is 4. The number of nitrogens with one attached hydrogen (secondary N) is 1. The molecule has 0 aliphatic heterocycles. The average molecular weight is 246 g/mol. The van der Waals surface area contributed by atoms with E-state index in [0.717, 1.165) is 29.3 Å². The second kappa shape index (κ2) is 5.03. The minimum atomic E-state index is 0.305. The Balaban J connectivity index is 2.19. The van der Waals surface area contributed by atoms with Gasteiger partial charge < -0.3 is 15.6 Å². The first-order valence-corrected chi connectivity index (χ1v) is 5.95. The molecule has 96 valence electrons. The molecular formula is C12H18N6. The monoisotopic (exact) mass is 246 g/mol. The van der Waals surface area contributed by atoms with Crippen molar-refractivity contribution in [3.8, 4) is 0 Å². The van der Waals surface area contributed by atoms with Crippen LogP contribution in [0.4, 0.5) is 11.8 Å². The summed E-state index contributed by atoms with van der Waals surface area (Å²) >= 11 is 0. The molecule has 0 saturated carbocycles. The van der Waals surface area contributed by atoms with E-state index >= 15 is 0 Å². The highest BCUT2D eigenvalue weighted by molar-refractivity contribution is 5.48. The Morgan fingerprint density at radius 1 is 1.39 bits per heavy atom. The van der Waals surface area contributed by atoms with Crippen LogP contribution in [0.25, 0.3) is 0 Å². The Kier molecular flexibility index (Phi) is 3.45. The molecule has 0 aliphatic rings. The number of nitrogen functional groups attached to an aromatic ring is 1. The van der Waals surface area contributed by atoms with E-state index in [4.69, 9.17) is 5.73 Å². The third-order valence-electron chi connectivity index (χ3n) is 2.93. The van der Waals surface area contributed by atoms with E-state index < -0.39 is 0 Å². The minimum absolute atomic E-state index is 0.305. The lowest BCUT2D eigenvalue weighted by atomic mass is 10.2. The summed E-state index contributed by atoms with van der Waals surface area (Å²) in [6, 6.07) is 0. The molecule has 0 atom stereocenters. The van der Waals surface area contributed by atoms with Crippen molar-refractivity contribution in [2.75, 3.05) is 11.1 Å². The zero-order valence-corrected chi connectivity index (χ0v) is 10.9. The van der Waals surface area contributed by atoms with Crippen LogP contribution in [0.3, 0.4) is 0 Å². The predicted octanol–water partition coefficient (Wildman–Crippen LogP) is 1.28. The summed E-state index contributed by atoms with van der Waals surface area (Å²) in [5.41, 5.74) is 7.72. The van der Waals surface area contributed by atoms with Gasteiger partial charge in [0, 0.05) is 25.0 Å². The zero-order valence-electron chi connectivity index (χ0n) is 10.9. The molecule has 2 aromatic heterocycles. The van der Waals surface area contributed by atoms with Crippen molar-refractivity contribution in [2.24, 2.45) is 7.05 Å². The van der Waals surface area contributed by atoms with Gasteiger partial charge in [0.15, 0.2) is 0 Å². The highest BCUT2D eigenvalue weighted by Gasteiger charge is 2.08. The molecule has 0 radical (unpaired) electrons. The van der Waals surface area contributed by atoms with Gasteiger partial charge in [-0.05, 0) is 13.3 Å². The molecule has 0 aliphatic carbocycles. The van der Waals surface area contributed by atoms with Gasteiger partial charge in [-0.2, -0.15) is 4.98 Å². The van der Waals surface area contributed by atoms with Crippen molar-refractivity contribution in [1.82, 2.24) is 19.5 Å². The van der Waals surface area contributed by atoms with E-state index in [1.54, 1.807) is 6.20 Å². The molecule has 2 rings (SSSR count). The summed E-state index contributed by atoms with van der Waals surface area (Å²) < 4.78 is 1.97. The smallest absolute Gasteiger partial charge is 0.222 e. The molecule has 3 N–H and O–H groups in total. The lowest BCUT2D eigenvalue weighted by Gasteiger charge is -2.11. The van der Waals surface area contributed by atoms with Gasteiger partial charge in [0.05, 0.1) is 12.2 Å². The predicted molar refractivity (Wildman–Crippen MR) is 71.1 cm³/mol. The maximum absolute atomic E-state index is 5.70. The molecule has 0 unspecified atom stereocenters. The van der Waals surface area contributed by atoms with E-state index in [1.165, 1.54) is 0 Å². The van der Waals surface area contributed by atoms with Crippen molar-refractivity contribution in [1.29, 1.82) is 0 Å². The molecule has 0 bridgehead atoms. The van der Waals surface area contributed by atoms with Crippen LogP contribution >= 0.6 is 0 Å². The summed E-state index contributed by atoms with van der Waals surface area (Å²) in [4.78, 5) is 12.7. The van der Waals surface area contributed by atoms with Gasteiger partial charge >= 0.3 is 0 Å². The topological polar surface area (TPSA) is 81.7 Å². The summed E-state index contributed by atoms with van der Waals surface area (Å²) in [7, 11) is 1.96. The molecule has 6 heteroatoms. The minimum Gasteiger partial charge on any atom is -0.368 e. The lowest BCUT2D eigenvalue weighted by molar-refractivity contribution is 0.809. The van der Waals surface area contributed by atoms with Crippen molar-refractivity contribution in [3.05, 3.63) is 29.5 Å². The fourth-order valence-electron chi connectivity index (χ4n) is 1.83. The quantitative estimate of drug-likeness (QED) is 0.849. The first-order chi connectivity index (χ1) is 8.61. The van der Waals surface area contributed by atoms with Gasteiger partial charge in [-0.25, -0.2) is 9.97 Å². The maximum Gasteiger partial charge on any atom is 0.222 e. The Labute approximate surface area is 106 Å². The summed E-state index contributed by atoms with van der Waals surface area (Å²) in [5, 5.41) is 3.26. The van der Waals surface area contributed by atoms with Crippen LogP contribution in [0, 0.1) is 6.92 Å². The highest BCUT2D eigenvalue weighted by atomic mass is 15.1. The van der Waals surface area contributed by atoms with Gasteiger partial charge in [0.1, 0.15) is 11.6 Å². The number of rotatable bonds is 4. The molecule has 0 saturated heterocycles. The second-order valence-corrected chi connectivity index (χ2v) is 4.16. The molecule has 0 amide bonds. The van der Waals surface area contributed by atoms with Crippen LogP contribution in [0.15, 0.2) is 12.4 Å². The molecular weight excluding hydrogens is 228 g/mol. The fraction of sp³-hybridized carbons (Fsp3) is 0.417. The largest absolute Gasteiger partial charge is 0.368 e. The van der Waals surface area contributed by atoms with Gasteiger partial charge in [0.2, 0.25) is 5.95 Å². The second-order valence-electron chi connectivity index (χ2n) is 4.16. The number of nitrogens with zero attached hydrogens (tertiary/aromatic N) is 4. The fourth-order valence-corrected chi connectivity index (χ4v) is 1.83. The third kappa shape index (κ3) is 2.42. The average Bonchev–Trinajstić information content (AvgIpc) is 2.75. The molecule has 0 spiro atoms. The first kappa shape index (κ1) is 12.3. The molecule has 6 nitrogen and oxygen atoms in total.